The number of hydrogen-bond donors (Lipinski definition) is 2. The minimum absolute atomic E-state index is 0.132. The van der Waals surface area contributed by atoms with Gasteiger partial charge in [0.2, 0.25) is 0 Å². The molecule has 0 saturated heterocycles. The van der Waals surface area contributed by atoms with Crippen LogP contribution in [0.2, 0.25) is 0 Å². The molecule has 0 aromatic carbocycles. The van der Waals surface area contributed by atoms with Gasteiger partial charge < -0.3 is 15.2 Å². The highest BCUT2D eigenvalue weighted by atomic mass is 16.5. The SMILES string of the molecule is CC1(C)CCC[C@]2(C)[C@@H](CCOC(=O)NC3CCCCC3)[C@](C)(O)CC[C@@H]12. The molecule has 3 saturated carbocycles. The van der Waals surface area contributed by atoms with Gasteiger partial charge in [0.15, 0.2) is 0 Å². The number of rotatable bonds is 4. The molecule has 0 spiro atoms. The van der Waals surface area contributed by atoms with Crippen molar-refractivity contribution < 1.29 is 14.6 Å². The third-order valence-electron chi connectivity index (χ3n) is 8.33. The Bertz CT molecular complexity index is 524. The Balaban J connectivity index is 1.58. The van der Waals surface area contributed by atoms with E-state index in [0.29, 0.717) is 17.9 Å². The molecule has 0 aliphatic heterocycles. The standard InChI is InChI=1S/C23H41NO3/c1-21(2)13-8-14-22(3)18(21)11-15-23(4,26)19(22)12-16-27-20(25)24-17-9-6-5-7-10-17/h17-19,26H,5-16H2,1-4H3,(H,24,25)/t18-,19+,22-,23+/m0/s1. The van der Waals surface area contributed by atoms with Gasteiger partial charge >= 0.3 is 6.09 Å². The van der Waals surface area contributed by atoms with Gasteiger partial charge in [0.05, 0.1) is 12.2 Å². The van der Waals surface area contributed by atoms with Crippen molar-refractivity contribution in [2.24, 2.45) is 22.7 Å². The van der Waals surface area contributed by atoms with Crippen LogP contribution in [0.15, 0.2) is 0 Å². The van der Waals surface area contributed by atoms with Crippen molar-refractivity contribution in [2.75, 3.05) is 6.61 Å². The van der Waals surface area contributed by atoms with Crippen LogP contribution in [-0.4, -0.2) is 29.4 Å². The first-order valence-corrected chi connectivity index (χ1v) is 11.3. The van der Waals surface area contributed by atoms with Crippen LogP contribution in [0.3, 0.4) is 0 Å². The fourth-order valence-electron chi connectivity index (χ4n) is 6.99. The zero-order valence-corrected chi connectivity index (χ0v) is 18.0. The molecule has 3 rings (SSSR count). The molecule has 0 unspecified atom stereocenters. The maximum Gasteiger partial charge on any atom is 0.407 e. The average molecular weight is 380 g/mol. The van der Waals surface area contributed by atoms with Crippen LogP contribution in [0.4, 0.5) is 4.79 Å². The molecule has 3 aliphatic rings. The van der Waals surface area contributed by atoms with E-state index in [1.54, 1.807) is 0 Å². The number of alkyl carbamates (subject to hydrolysis) is 1. The lowest BCUT2D eigenvalue weighted by Gasteiger charge is -2.61. The Morgan fingerprint density at radius 1 is 1.00 bits per heavy atom. The zero-order chi connectivity index (χ0) is 19.7. The summed E-state index contributed by atoms with van der Waals surface area (Å²) in [5, 5.41) is 14.2. The van der Waals surface area contributed by atoms with E-state index in [4.69, 9.17) is 4.74 Å². The van der Waals surface area contributed by atoms with Crippen molar-refractivity contribution in [2.45, 2.75) is 110 Å². The molecule has 4 atom stereocenters. The van der Waals surface area contributed by atoms with Gasteiger partial charge in [-0.2, -0.15) is 0 Å². The molecule has 0 radical (unpaired) electrons. The first-order chi connectivity index (χ1) is 12.7. The van der Waals surface area contributed by atoms with Crippen LogP contribution < -0.4 is 5.32 Å². The molecule has 2 N–H and O–H groups in total. The topological polar surface area (TPSA) is 58.6 Å². The maximum absolute atomic E-state index is 12.2. The molecule has 1 amide bonds. The van der Waals surface area contributed by atoms with E-state index in [2.05, 4.69) is 26.1 Å². The minimum atomic E-state index is -0.665. The van der Waals surface area contributed by atoms with Crippen LogP contribution in [-0.2, 0) is 4.74 Å². The second kappa shape index (κ2) is 7.93. The summed E-state index contributed by atoms with van der Waals surface area (Å²) >= 11 is 0. The number of amides is 1. The van der Waals surface area contributed by atoms with Crippen LogP contribution in [0.25, 0.3) is 0 Å². The first-order valence-electron chi connectivity index (χ1n) is 11.3. The van der Waals surface area contributed by atoms with Gasteiger partial charge in [-0.3, -0.25) is 0 Å². The van der Waals surface area contributed by atoms with Gasteiger partial charge in [-0.15, -0.1) is 0 Å². The lowest BCUT2D eigenvalue weighted by molar-refractivity contribution is -0.171. The smallest absolute Gasteiger partial charge is 0.407 e. The van der Waals surface area contributed by atoms with Gasteiger partial charge in [0, 0.05) is 6.04 Å². The molecular weight excluding hydrogens is 338 g/mol. The number of hydrogen-bond acceptors (Lipinski definition) is 3. The fourth-order valence-corrected chi connectivity index (χ4v) is 6.99. The predicted molar refractivity (Wildman–Crippen MR) is 109 cm³/mol. The molecule has 4 heteroatoms. The highest BCUT2D eigenvalue weighted by Gasteiger charge is 2.57. The summed E-state index contributed by atoms with van der Waals surface area (Å²) in [5.41, 5.74) is -0.199. The van der Waals surface area contributed by atoms with E-state index in [1.807, 2.05) is 6.92 Å². The Kier molecular flexibility index (Phi) is 6.15. The number of carbonyl (C=O) groups is 1. The largest absolute Gasteiger partial charge is 0.450 e. The summed E-state index contributed by atoms with van der Waals surface area (Å²) in [6, 6.07) is 0.282. The molecule has 0 aromatic rings. The lowest BCUT2D eigenvalue weighted by atomic mass is 9.45. The lowest BCUT2D eigenvalue weighted by Crippen LogP contribution is -2.57. The van der Waals surface area contributed by atoms with Crippen molar-refractivity contribution in [3.05, 3.63) is 0 Å². The van der Waals surface area contributed by atoms with E-state index < -0.39 is 5.60 Å². The normalized spacial score (nSPS) is 39.4. The van der Waals surface area contributed by atoms with Crippen molar-refractivity contribution in [1.82, 2.24) is 5.32 Å². The van der Waals surface area contributed by atoms with Gasteiger partial charge in [0.25, 0.3) is 0 Å². The summed E-state index contributed by atoms with van der Waals surface area (Å²) in [6.45, 7) is 9.60. The molecule has 0 aromatic heterocycles. The van der Waals surface area contributed by atoms with Crippen molar-refractivity contribution in [3.63, 3.8) is 0 Å². The summed E-state index contributed by atoms with van der Waals surface area (Å²) in [5.74, 6) is 0.825. The highest BCUT2D eigenvalue weighted by Crippen LogP contribution is 2.62. The zero-order valence-electron chi connectivity index (χ0n) is 18.0. The Morgan fingerprint density at radius 2 is 1.70 bits per heavy atom. The average Bonchev–Trinajstić information content (AvgIpc) is 2.57. The number of aliphatic hydroxyl groups is 1. The first kappa shape index (κ1) is 21.0. The second-order valence-corrected chi connectivity index (χ2v) is 10.8. The quantitative estimate of drug-likeness (QED) is 0.685. The molecule has 3 fully saturated rings. The third kappa shape index (κ3) is 4.46. The number of ether oxygens (including phenoxy) is 1. The Labute approximate surface area is 165 Å². The molecule has 3 aliphatic carbocycles. The van der Waals surface area contributed by atoms with Gasteiger partial charge in [0.1, 0.15) is 0 Å². The number of nitrogens with one attached hydrogen (secondary N) is 1. The van der Waals surface area contributed by atoms with E-state index in [1.165, 1.54) is 38.5 Å². The van der Waals surface area contributed by atoms with Crippen molar-refractivity contribution >= 4 is 6.09 Å². The van der Waals surface area contributed by atoms with E-state index in [-0.39, 0.29) is 23.5 Å². The molecule has 0 heterocycles. The monoisotopic (exact) mass is 379 g/mol. The maximum atomic E-state index is 12.2. The summed E-state index contributed by atoms with van der Waals surface area (Å²) < 4.78 is 5.56. The van der Waals surface area contributed by atoms with E-state index in [9.17, 15) is 9.90 Å². The molecule has 4 nitrogen and oxygen atoms in total. The summed E-state index contributed by atoms with van der Waals surface area (Å²) in [4.78, 5) is 12.2. The number of fused-ring (bicyclic) bond motifs is 1. The van der Waals surface area contributed by atoms with Gasteiger partial charge in [-0.05, 0) is 74.5 Å². The van der Waals surface area contributed by atoms with Gasteiger partial charge in [-0.25, -0.2) is 4.79 Å². The van der Waals surface area contributed by atoms with Crippen LogP contribution >= 0.6 is 0 Å². The predicted octanol–water partition coefficient (Wildman–Crippen LogP) is 5.43. The van der Waals surface area contributed by atoms with E-state index >= 15 is 0 Å². The Hall–Kier alpha value is -0.770. The van der Waals surface area contributed by atoms with Crippen LogP contribution in [0.5, 0.6) is 0 Å². The number of carbonyl (C=O) groups excluding carboxylic acids is 1. The summed E-state index contributed by atoms with van der Waals surface area (Å²) in [6.07, 6.45) is 12.0. The molecule has 156 valence electrons. The fraction of sp³-hybridized carbons (Fsp3) is 0.957. The Morgan fingerprint density at radius 3 is 2.41 bits per heavy atom. The second-order valence-electron chi connectivity index (χ2n) is 10.8. The minimum Gasteiger partial charge on any atom is -0.450 e. The summed E-state index contributed by atoms with van der Waals surface area (Å²) in [7, 11) is 0. The third-order valence-corrected chi connectivity index (χ3v) is 8.33. The van der Waals surface area contributed by atoms with Gasteiger partial charge in [-0.1, -0.05) is 46.5 Å². The molecular formula is C23H41NO3. The van der Waals surface area contributed by atoms with E-state index in [0.717, 1.165) is 32.1 Å². The van der Waals surface area contributed by atoms with Crippen LogP contribution in [0, 0.1) is 22.7 Å². The highest BCUT2D eigenvalue weighted by molar-refractivity contribution is 5.67. The van der Waals surface area contributed by atoms with Crippen LogP contribution in [0.1, 0.15) is 98.3 Å². The van der Waals surface area contributed by atoms with Crippen molar-refractivity contribution in [3.8, 4) is 0 Å². The molecule has 0 bridgehead atoms. The molecule has 27 heavy (non-hydrogen) atoms. The van der Waals surface area contributed by atoms with Crippen molar-refractivity contribution in [1.29, 1.82) is 0 Å².